The first-order valence-corrected chi connectivity index (χ1v) is 25.3. The van der Waals surface area contributed by atoms with E-state index in [-0.39, 0.29) is 76.0 Å². The first-order chi connectivity index (χ1) is 33.3. The fourth-order valence-electron chi connectivity index (χ4n) is 8.73. The molecule has 3 heterocycles. The SMILES string of the molecule is C[C@H](O)C(=O)C[C@H]1CCCCNC(=O)[C@H](CS)NC(=O)[C@H](Cc2c[nH]c3ccccc23)CC(=O)[C@H](CCCCN(C)C)NC(=O)CCC(=O)[C@H](CS)NC(=O)C[C@@H](C(=O)N2CCC[C@H]2C(N)=O)NC1=O. The number of benzene rings is 1. The lowest BCUT2D eigenvalue weighted by Crippen LogP contribution is -2.55. The Kier molecular flexibility index (Phi) is 23.3. The Bertz CT molecular complexity index is 2190. The molecular weight excluding hydrogens is 943 g/mol. The number of para-hydroxylation sites is 1. The van der Waals surface area contributed by atoms with Crippen LogP contribution in [0.15, 0.2) is 30.5 Å². The molecule has 8 atom stereocenters. The van der Waals surface area contributed by atoms with Crippen molar-refractivity contribution in [1.29, 1.82) is 0 Å². The molecule has 22 heteroatoms. The average molecular weight is 1010 g/mol. The Labute approximate surface area is 419 Å². The van der Waals surface area contributed by atoms with Crippen molar-refractivity contribution in [1.82, 2.24) is 41.4 Å². The highest BCUT2D eigenvalue weighted by Crippen LogP contribution is 2.25. The van der Waals surface area contributed by atoms with Gasteiger partial charge < -0.3 is 52.2 Å². The Hall–Kier alpha value is -5.32. The van der Waals surface area contributed by atoms with Gasteiger partial charge in [0.2, 0.25) is 41.4 Å². The lowest BCUT2D eigenvalue weighted by molar-refractivity contribution is -0.143. The van der Waals surface area contributed by atoms with Gasteiger partial charge in [-0.1, -0.05) is 24.6 Å². The molecule has 386 valence electrons. The molecule has 0 saturated carbocycles. The maximum absolute atomic E-state index is 14.3. The third-order valence-electron chi connectivity index (χ3n) is 12.8. The highest BCUT2D eigenvalue weighted by molar-refractivity contribution is 7.80. The lowest BCUT2D eigenvalue weighted by Gasteiger charge is -2.29. The van der Waals surface area contributed by atoms with E-state index in [9.17, 15) is 53.1 Å². The molecule has 2 saturated heterocycles. The molecule has 4 rings (SSSR count). The highest BCUT2D eigenvalue weighted by Gasteiger charge is 2.39. The third kappa shape index (κ3) is 17.5. The Morgan fingerprint density at radius 3 is 2.19 bits per heavy atom. The lowest BCUT2D eigenvalue weighted by atomic mass is 9.89. The minimum absolute atomic E-state index is 0.0532. The Morgan fingerprint density at radius 2 is 1.50 bits per heavy atom. The second kappa shape index (κ2) is 28.5. The summed E-state index contributed by atoms with van der Waals surface area (Å²) in [5, 5.41) is 24.4. The third-order valence-corrected chi connectivity index (χ3v) is 13.5. The Morgan fingerprint density at radius 1 is 0.800 bits per heavy atom. The number of likely N-dealkylation sites (tertiary alicyclic amines) is 1. The summed E-state index contributed by atoms with van der Waals surface area (Å²) >= 11 is 8.62. The van der Waals surface area contributed by atoms with E-state index in [0.717, 1.165) is 23.0 Å². The molecule has 7 amide bonds. The zero-order chi connectivity index (χ0) is 51.5. The largest absolute Gasteiger partial charge is 0.386 e. The van der Waals surface area contributed by atoms with Crippen molar-refractivity contribution < 1.29 is 53.1 Å². The van der Waals surface area contributed by atoms with Crippen molar-refractivity contribution in [3.63, 3.8) is 0 Å². The van der Waals surface area contributed by atoms with Gasteiger partial charge >= 0.3 is 0 Å². The average Bonchev–Trinajstić information content (AvgIpc) is 3.99. The van der Waals surface area contributed by atoms with Crippen LogP contribution in [-0.4, -0.2) is 160 Å². The van der Waals surface area contributed by atoms with Crippen LogP contribution in [0.3, 0.4) is 0 Å². The van der Waals surface area contributed by atoms with Crippen molar-refractivity contribution in [3.8, 4) is 0 Å². The molecule has 2 aliphatic heterocycles. The molecule has 0 spiro atoms. The zero-order valence-electron chi connectivity index (χ0n) is 40.3. The number of amides is 7. The number of aromatic amines is 1. The standard InChI is InChI=1S/C48H71N9O11S2/c1-28(58)40(60)22-29-11-6-8-18-50-47(67)37(27-70)55-46(66)30(21-31-25-51-33-13-5-4-12-32(31)33)23-41(61)34(14-7-9-19-56(2)3)52-42(62)17-16-39(59)36(26-69)53-43(63)24-35(54-45(29)65)48(68)57-20-10-15-38(57)44(49)64/h4-5,12-13,25,28-30,34-38,51,58,69-70H,6-11,14-24,26-27H2,1-3H3,(H2,49,64)(H,50,67)(H,52,62)(H,53,63)(H,54,65)(H,55,66)/t28-,29+,30+,34-,35-,36-,37-,38-/m0/s1. The maximum Gasteiger partial charge on any atom is 0.246 e. The maximum atomic E-state index is 14.3. The molecule has 1 aromatic carbocycles. The van der Waals surface area contributed by atoms with Crippen molar-refractivity contribution >= 4 is 94.9 Å². The summed E-state index contributed by atoms with van der Waals surface area (Å²) in [5.74, 6) is -8.98. The summed E-state index contributed by atoms with van der Waals surface area (Å²) in [7, 11) is 3.83. The molecule has 0 aliphatic carbocycles. The minimum Gasteiger partial charge on any atom is -0.386 e. The van der Waals surface area contributed by atoms with Crippen LogP contribution in [0.25, 0.3) is 10.9 Å². The fraction of sp³-hybridized carbons (Fsp3) is 0.625. The topological polar surface area (TPSA) is 299 Å². The predicted molar refractivity (Wildman–Crippen MR) is 267 cm³/mol. The van der Waals surface area contributed by atoms with Gasteiger partial charge in [0.25, 0.3) is 0 Å². The number of hydrogen-bond acceptors (Lipinski definition) is 14. The van der Waals surface area contributed by atoms with Crippen molar-refractivity contribution in [2.45, 2.75) is 133 Å². The van der Waals surface area contributed by atoms with Crippen molar-refractivity contribution in [3.05, 3.63) is 36.0 Å². The molecule has 70 heavy (non-hydrogen) atoms. The normalized spacial score (nSPS) is 25.2. The molecule has 2 fully saturated rings. The van der Waals surface area contributed by atoms with Gasteiger partial charge in [0.05, 0.1) is 18.5 Å². The zero-order valence-corrected chi connectivity index (χ0v) is 42.1. The number of carbonyl (C=O) groups excluding carboxylic acids is 10. The molecular formula is C48H71N9O11S2. The van der Waals surface area contributed by atoms with Crippen LogP contribution in [0.1, 0.15) is 96.0 Å². The van der Waals surface area contributed by atoms with E-state index in [2.05, 4.69) is 56.8 Å². The van der Waals surface area contributed by atoms with Crippen LogP contribution >= 0.6 is 25.3 Å². The van der Waals surface area contributed by atoms with E-state index in [4.69, 9.17) is 5.73 Å². The van der Waals surface area contributed by atoms with Gasteiger partial charge in [-0.15, -0.1) is 0 Å². The van der Waals surface area contributed by atoms with E-state index in [0.29, 0.717) is 25.7 Å². The van der Waals surface area contributed by atoms with Crippen LogP contribution in [0.4, 0.5) is 0 Å². The number of aromatic nitrogens is 1. The van der Waals surface area contributed by atoms with Gasteiger partial charge in [0.15, 0.2) is 17.3 Å². The first-order valence-electron chi connectivity index (χ1n) is 24.1. The molecule has 2 aliphatic rings. The first kappa shape index (κ1) is 57.3. The number of nitrogens with one attached hydrogen (secondary N) is 6. The molecule has 0 radical (unpaired) electrons. The fourth-order valence-corrected chi connectivity index (χ4v) is 9.28. The number of aliphatic hydroxyl groups excluding tert-OH is 1. The number of thiol groups is 2. The number of fused-ring (bicyclic) bond motifs is 1. The number of hydrogen-bond donors (Lipinski definition) is 10. The highest BCUT2D eigenvalue weighted by atomic mass is 32.1. The van der Waals surface area contributed by atoms with Crippen LogP contribution in [-0.2, 0) is 54.4 Å². The van der Waals surface area contributed by atoms with Gasteiger partial charge in [0, 0.05) is 79.2 Å². The van der Waals surface area contributed by atoms with Crippen molar-refractivity contribution in [2.24, 2.45) is 17.6 Å². The number of ketones is 3. The summed E-state index contributed by atoms with van der Waals surface area (Å²) in [6, 6.07) is 1.55. The van der Waals surface area contributed by atoms with E-state index >= 15 is 0 Å². The van der Waals surface area contributed by atoms with Gasteiger partial charge in [-0.25, -0.2) is 0 Å². The molecule has 1 aromatic heterocycles. The number of nitrogens with two attached hydrogens (primary N) is 1. The summed E-state index contributed by atoms with van der Waals surface area (Å²) in [4.78, 5) is 142. The number of nitrogens with zero attached hydrogens (tertiary/aromatic N) is 2. The van der Waals surface area contributed by atoms with Crippen LogP contribution in [0.2, 0.25) is 0 Å². The molecule has 2 aromatic rings. The monoisotopic (exact) mass is 1010 g/mol. The summed E-state index contributed by atoms with van der Waals surface area (Å²) in [6.07, 6.45) is 1.13. The molecule has 20 nitrogen and oxygen atoms in total. The summed E-state index contributed by atoms with van der Waals surface area (Å²) < 4.78 is 0. The van der Waals surface area contributed by atoms with E-state index in [1.165, 1.54) is 11.8 Å². The van der Waals surface area contributed by atoms with E-state index in [1.807, 2.05) is 43.3 Å². The van der Waals surface area contributed by atoms with Gasteiger partial charge in [0.1, 0.15) is 24.2 Å². The molecule has 9 N–H and O–H groups in total. The second-order valence-electron chi connectivity index (χ2n) is 18.6. The van der Waals surface area contributed by atoms with Crippen LogP contribution in [0.5, 0.6) is 0 Å². The molecule has 0 unspecified atom stereocenters. The summed E-state index contributed by atoms with van der Waals surface area (Å²) in [5.41, 5.74) is 7.18. The van der Waals surface area contributed by atoms with Gasteiger partial charge in [-0.05, 0) is 90.6 Å². The minimum atomic E-state index is -1.57. The number of carbonyl (C=O) groups is 10. The number of aliphatic hydroxyl groups is 1. The smallest absolute Gasteiger partial charge is 0.246 e. The van der Waals surface area contributed by atoms with Crippen molar-refractivity contribution in [2.75, 3.05) is 45.2 Å². The Balaban J connectivity index is 1.66. The van der Waals surface area contributed by atoms with Gasteiger partial charge in [-0.3, -0.25) is 47.9 Å². The number of rotatable bonds is 14. The van der Waals surface area contributed by atoms with E-state index in [1.54, 1.807) is 6.20 Å². The number of primary amides is 1. The summed E-state index contributed by atoms with van der Waals surface area (Å²) in [6.45, 7) is 2.17. The number of Topliss-reactive ketones (excluding diaryl/α,β-unsaturated/α-hetero) is 3. The second-order valence-corrected chi connectivity index (χ2v) is 19.3. The van der Waals surface area contributed by atoms with E-state index < -0.39 is 120 Å². The number of H-pyrrole nitrogens is 1. The van der Waals surface area contributed by atoms with Crippen LogP contribution in [0, 0.1) is 11.8 Å². The van der Waals surface area contributed by atoms with Crippen LogP contribution < -0.4 is 32.3 Å². The number of unbranched alkanes of at least 4 members (excludes halogenated alkanes) is 1. The predicted octanol–water partition coefficient (Wildman–Crippen LogP) is 0.289. The molecule has 0 bridgehead atoms. The quantitative estimate of drug-likeness (QED) is 0.0903. The van der Waals surface area contributed by atoms with Gasteiger partial charge in [-0.2, -0.15) is 25.3 Å².